The molecule has 1 aromatic heterocycles. The zero-order valence-corrected chi connectivity index (χ0v) is 18.2. The van der Waals surface area contributed by atoms with E-state index in [4.69, 9.17) is 4.74 Å². The topological polar surface area (TPSA) is 91.8 Å². The van der Waals surface area contributed by atoms with E-state index in [0.29, 0.717) is 12.1 Å². The first kappa shape index (κ1) is 22.2. The summed E-state index contributed by atoms with van der Waals surface area (Å²) >= 11 is 0. The van der Waals surface area contributed by atoms with Gasteiger partial charge in [-0.2, -0.15) is 4.31 Å². The second kappa shape index (κ2) is 9.58. The fourth-order valence-electron chi connectivity index (χ4n) is 3.33. The van der Waals surface area contributed by atoms with Gasteiger partial charge in [-0.1, -0.05) is 18.8 Å². The monoisotopic (exact) mass is 429 g/mol. The van der Waals surface area contributed by atoms with E-state index in [1.54, 1.807) is 37.5 Å². The fourth-order valence-corrected chi connectivity index (χ4v) is 5.15. The van der Waals surface area contributed by atoms with E-state index in [-0.39, 0.29) is 35.8 Å². The number of hydrogen-bond donors (Lipinski definition) is 2. The molecular formula is C22H27N3O4S. The number of fused-ring (bicyclic) bond motifs is 1. The van der Waals surface area contributed by atoms with Gasteiger partial charge in [0.05, 0.1) is 6.61 Å². The van der Waals surface area contributed by atoms with Crippen LogP contribution in [0.15, 0.2) is 47.6 Å². The molecule has 2 aromatic rings. The Balaban J connectivity index is 2.07. The van der Waals surface area contributed by atoms with Crippen LogP contribution in [0.1, 0.15) is 25.0 Å². The Hall–Kier alpha value is -2.44. The van der Waals surface area contributed by atoms with Crippen molar-refractivity contribution in [3.05, 3.63) is 53.9 Å². The van der Waals surface area contributed by atoms with Gasteiger partial charge in [-0.15, -0.1) is 0 Å². The zero-order chi connectivity index (χ0) is 21.7. The second-order valence-corrected chi connectivity index (χ2v) is 9.31. The van der Waals surface area contributed by atoms with Gasteiger partial charge in [0, 0.05) is 48.6 Å². The number of nitrogens with one attached hydrogen (secondary N) is 1. The van der Waals surface area contributed by atoms with Crippen LogP contribution in [-0.2, 0) is 10.0 Å². The lowest BCUT2D eigenvalue weighted by Crippen LogP contribution is -2.49. The molecule has 0 radical (unpaired) electrons. The lowest BCUT2D eigenvalue weighted by molar-refractivity contribution is 0.103. The average Bonchev–Trinajstić information content (AvgIpc) is 2.75. The molecule has 3 rings (SSSR count). The molecule has 0 aliphatic carbocycles. The van der Waals surface area contributed by atoms with E-state index in [2.05, 4.69) is 22.1 Å². The summed E-state index contributed by atoms with van der Waals surface area (Å²) in [4.78, 5) is 4.13. The minimum Gasteiger partial charge on any atom is -0.487 e. The predicted octanol–water partition coefficient (Wildman–Crippen LogP) is 1.47. The first-order valence-electron chi connectivity index (χ1n) is 9.87. The molecule has 1 aromatic carbocycles. The number of sulfonamides is 1. The minimum atomic E-state index is -3.84. The van der Waals surface area contributed by atoms with Gasteiger partial charge in [-0.25, -0.2) is 8.42 Å². The number of aliphatic hydroxyl groups is 1. The van der Waals surface area contributed by atoms with Gasteiger partial charge in [-0.05, 0) is 44.3 Å². The summed E-state index contributed by atoms with van der Waals surface area (Å²) in [6.45, 7) is 4.22. The quantitative estimate of drug-likeness (QED) is 0.716. The average molecular weight is 430 g/mol. The maximum absolute atomic E-state index is 13.4. The molecule has 7 nitrogen and oxygen atoms in total. The largest absolute Gasteiger partial charge is 0.487 e. The van der Waals surface area contributed by atoms with E-state index < -0.39 is 16.1 Å². The summed E-state index contributed by atoms with van der Waals surface area (Å²) in [5.41, 5.74) is 1.41. The van der Waals surface area contributed by atoms with Crippen molar-refractivity contribution >= 4 is 10.0 Å². The Morgan fingerprint density at radius 2 is 2.10 bits per heavy atom. The molecule has 8 heteroatoms. The van der Waals surface area contributed by atoms with Gasteiger partial charge in [0.1, 0.15) is 16.7 Å². The van der Waals surface area contributed by atoms with Crippen molar-refractivity contribution in [1.29, 1.82) is 0 Å². The molecule has 1 aliphatic rings. The van der Waals surface area contributed by atoms with Crippen molar-refractivity contribution in [1.82, 2.24) is 14.6 Å². The fraction of sp³-hybridized carbons (Fsp3) is 0.409. The number of hydrogen-bond acceptors (Lipinski definition) is 6. The third kappa shape index (κ3) is 4.82. The molecule has 0 fully saturated rings. The van der Waals surface area contributed by atoms with Gasteiger partial charge < -0.3 is 15.2 Å². The molecule has 3 atom stereocenters. The van der Waals surface area contributed by atoms with Gasteiger partial charge >= 0.3 is 0 Å². The SMILES string of the molecule is CNC[C@@H]1Oc2cc(C#Cc3cccnc3)ccc2S(=O)(=O)N([C@@H](C)CO)C[C@@H]1C. The maximum atomic E-state index is 13.4. The summed E-state index contributed by atoms with van der Waals surface area (Å²) in [7, 11) is -2.01. The van der Waals surface area contributed by atoms with E-state index in [1.165, 1.54) is 10.4 Å². The summed E-state index contributed by atoms with van der Waals surface area (Å²) in [6, 6.07) is 7.99. The number of pyridine rings is 1. The van der Waals surface area contributed by atoms with Crippen molar-refractivity contribution < 1.29 is 18.3 Å². The van der Waals surface area contributed by atoms with Crippen molar-refractivity contribution in [3.8, 4) is 17.6 Å². The number of ether oxygens (including phenoxy) is 1. The Bertz CT molecular complexity index is 1030. The molecular weight excluding hydrogens is 402 g/mol. The van der Waals surface area contributed by atoms with Crippen LogP contribution in [0.4, 0.5) is 0 Å². The first-order valence-corrected chi connectivity index (χ1v) is 11.3. The van der Waals surface area contributed by atoms with Gasteiger partial charge in [-0.3, -0.25) is 4.98 Å². The Kier molecular flexibility index (Phi) is 7.10. The number of likely N-dealkylation sites (N-methyl/N-ethyl adjacent to an activating group) is 1. The van der Waals surface area contributed by atoms with Crippen molar-refractivity contribution in [2.45, 2.75) is 30.9 Å². The number of aliphatic hydroxyl groups excluding tert-OH is 1. The number of benzene rings is 1. The maximum Gasteiger partial charge on any atom is 0.247 e. The third-order valence-electron chi connectivity index (χ3n) is 5.09. The zero-order valence-electron chi connectivity index (χ0n) is 17.4. The van der Waals surface area contributed by atoms with Crippen LogP contribution >= 0.6 is 0 Å². The van der Waals surface area contributed by atoms with Crippen LogP contribution in [0.2, 0.25) is 0 Å². The summed E-state index contributed by atoms with van der Waals surface area (Å²) in [6.07, 6.45) is 3.11. The van der Waals surface area contributed by atoms with Crippen molar-refractivity contribution in [2.75, 3.05) is 26.7 Å². The Morgan fingerprint density at radius 1 is 1.33 bits per heavy atom. The van der Waals surface area contributed by atoms with E-state index >= 15 is 0 Å². The lowest BCUT2D eigenvalue weighted by atomic mass is 10.0. The molecule has 0 unspecified atom stereocenters. The summed E-state index contributed by atoms with van der Waals surface area (Å²) in [5.74, 6) is 6.26. The van der Waals surface area contributed by atoms with Crippen LogP contribution in [0, 0.1) is 17.8 Å². The van der Waals surface area contributed by atoms with Crippen LogP contribution in [0.5, 0.6) is 5.75 Å². The van der Waals surface area contributed by atoms with E-state index in [0.717, 1.165) is 5.56 Å². The highest BCUT2D eigenvalue weighted by atomic mass is 32.2. The van der Waals surface area contributed by atoms with Crippen molar-refractivity contribution in [3.63, 3.8) is 0 Å². The Morgan fingerprint density at radius 3 is 2.77 bits per heavy atom. The first-order chi connectivity index (χ1) is 14.4. The molecule has 1 aliphatic heterocycles. The molecule has 0 saturated carbocycles. The van der Waals surface area contributed by atoms with Crippen molar-refractivity contribution in [2.24, 2.45) is 5.92 Å². The molecule has 0 bridgehead atoms. The Labute approximate surface area is 178 Å². The molecule has 0 spiro atoms. The minimum absolute atomic E-state index is 0.0838. The highest BCUT2D eigenvalue weighted by Gasteiger charge is 2.37. The smallest absolute Gasteiger partial charge is 0.247 e. The van der Waals surface area contributed by atoms with Gasteiger partial charge in [0.15, 0.2) is 0 Å². The van der Waals surface area contributed by atoms with E-state index in [9.17, 15) is 13.5 Å². The molecule has 160 valence electrons. The third-order valence-corrected chi connectivity index (χ3v) is 7.10. The highest BCUT2D eigenvalue weighted by Crippen LogP contribution is 2.33. The van der Waals surface area contributed by atoms with Gasteiger partial charge in [0.25, 0.3) is 0 Å². The second-order valence-electron chi connectivity index (χ2n) is 7.45. The van der Waals surface area contributed by atoms with Gasteiger partial charge in [0.2, 0.25) is 10.0 Å². The summed E-state index contributed by atoms with van der Waals surface area (Å²) in [5, 5.41) is 12.7. The molecule has 2 heterocycles. The van der Waals surface area contributed by atoms with Crippen LogP contribution in [0.3, 0.4) is 0 Å². The van der Waals surface area contributed by atoms with Crippen LogP contribution in [0.25, 0.3) is 0 Å². The number of nitrogens with zero attached hydrogens (tertiary/aromatic N) is 2. The molecule has 0 saturated heterocycles. The number of aromatic nitrogens is 1. The highest BCUT2D eigenvalue weighted by molar-refractivity contribution is 7.89. The predicted molar refractivity (Wildman–Crippen MR) is 115 cm³/mol. The lowest BCUT2D eigenvalue weighted by Gasteiger charge is -2.36. The summed E-state index contributed by atoms with van der Waals surface area (Å²) < 4.78 is 34.2. The normalized spacial score (nSPS) is 21.9. The van der Waals surface area contributed by atoms with Crippen LogP contribution < -0.4 is 10.1 Å². The number of rotatable bonds is 4. The molecule has 2 N–H and O–H groups in total. The van der Waals surface area contributed by atoms with Crippen LogP contribution in [-0.4, -0.2) is 61.7 Å². The van der Waals surface area contributed by atoms with E-state index in [1.807, 2.05) is 20.0 Å². The molecule has 0 amide bonds. The standard InChI is InChI=1S/C22H27N3O4S/c1-16-14-25(17(2)15-26)30(27,28)22-9-8-18(6-7-19-5-4-10-24-12-19)11-20(22)29-21(16)13-23-3/h4-5,8-12,16-17,21,23,26H,13-15H2,1-3H3/t16-,17-,21-/m0/s1. The molecule has 30 heavy (non-hydrogen) atoms.